The molecule has 2 aromatic carbocycles. The van der Waals surface area contributed by atoms with Gasteiger partial charge in [0, 0.05) is 17.8 Å². The number of carbonyl (C=O) groups is 1. The topological polar surface area (TPSA) is 110 Å². The summed E-state index contributed by atoms with van der Waals surface area (Å²) in [6.45, 7) is 7.13. The van der Waals surface area contributed by atoms with Crippen molar-refractivity contribution < 1.29 is 18.1 Å². The minimum atomic E-state index is -3.90. The lowest BCUT2D eigenvalue weighted by Crippen LogP contribution is -2.47. The standard InChI is InChI=1S/C20H25N3O5S/c1-6-18(20(24)21-16-10-13(2)9-14(3)11-16)22(29(5,27)28)19-12-17(23(25)26)8-7-15(19)4/h7-12,18H,6H2,1-5H3,(H,21,24). The number of nitrogens with zero attached hydrogens (tertiary/aromatic N) is 2. The summed E-state index contributed by atoms with van der Waals surface area (Å²) in [4.78, 5) is 23.6. The van der Waals surface area contributed by atoms with Crippen LogP contribution in [0, 0.1) is 30.9 Å². The first-order valence-corrected chi connectivity index (χ1v) is 10.9. The molecule has 0 bridgehead atoms. The van der Waals surface area contributed by atoms with E-state index in [0.29, 0.717) is 11.3 Å². The van der Waals surface area contributed by atoms with E-state index in [4.69, 9.17) is 0 Å². The van der Waals surface area contributed by atoms with Gasteiger partial charge in [-0.15, -0.1) is 0 Å². The number of sulfonamides is 1. The maximum atomic E-state index is 13.0. The van der Waals surface area contributed by atoms with Crippen LogP contribution >= 0.6 is 0 Å². The number of carbonyl (C=O) groups excluding carboxylic acids is 1. The predicted molar refractivity (Wildman–Crippen MR) is 114 cm³/mol. The molecular formula is C20H25N3O5S. The van der Waals surface area contributed by atoms with Gasteiger partial charge in [-0.1, -0.05) is 19.1 Å². The molecule has 156 valence electrons. The van der Waals surface area contributed by atoms with Gasteiger partial charge >= 0.3 is 0 Å². The number of rotatable bonds is 7. The van der Waals surface area contributed by atoms with Crippen LogP contribution in [0.5, 0.6) is 0 Å². The normalized spacial score (nSPS) is 12.3. The highest BCUT2D eigenvalue weighted by Crippen LogP contribution is 2.30. The van der Waals surface area contributed by atoms with E-state index in [1.807, 2.05) is 19.9 Å². The summed E-state index contributed by atoms with van der Waals surface area (Å²) < 4.78 is 26.2. The summed E-state index contributed by atoms with van der Waals surface area (Å²) in [6.07, 6.45) is 1.17. The van der Waals surface area contributed by atoms with Gasteiger partial charge in [0.1, 0.15) is 6.04 Å². The first kappa shape index (κ1) is 22.4. The second kappa shape index (κ2) is 8.60. The lowest BCUT2D eigenvalue weighted by Gasteiger charge is -2.31. The molecular weight excluding hydrogens is 394 g/mol. The molecule has 0 aliphatic rings. The number of nitro groups is 1. The van der Waals surface area contributed by atoms with Gasteiger partial charge in [-0.05, 0) is 56.0 Å². The monoisotopic (exact) mass is 419 g/mol. The van der Waals surface area contributed by atoms with Crippen LogP contribution in [-0.4, -0.2) is 31.5 Å². The van der Waals surface area contributed by atoms with Crippen LogP contribution in [-0.2, 0) is 14.8 Å². The van der Waals surface area contributed by atoms with Crippen LogP contribution in [0.15, 0.2) is 36.4 Å². The minimum absolute atomic E-state index is 0.115. The third-order valence-corrected chi connectivity index (χ3v) is 5.63. The Morgan fingerprint density at radius 3 is 2.21 bits per heavy atom. The van der Waals surface area contributed by atoms with Gasteiger partial charge in [0.05, 0.1) is 16.9 Å². The number of nitrogens with one attached hydrogen (secondary N) is 1. The maximum absolute atomic E-state index is 13.0. The van der Waals surface area contributed by atoms with E-state index in [1.165, 1.54) is 18.2 Å². The van der Waals surface area contributed by atoms with E-state index >= 15 is 0 Å². The number of aryl methyl sites for hydroxylation is 3. The van der Waals surface area contributed by atoms with Crippen molar-refractivity contribution in [3.63, 3.8) is 0 Å². The Kier molecular flexibility index (Phi) is 6.63. The molecule has 1 atom stereocenters. The molecule has 0 radical (unpaired) electrons. The molecule has 0 aliphatic heterocycles. The van der Waals surface area contributed by atoms with Gasteiger partial charge in [-0.3, -0.25) is 19.2 Å². The van der Waals surface area contributed by atoms with Crippen LogP contribution in [0.25, 0.3) is 0 Å². The van der Waals surface area contributed by atoms with E-state index in [0.717, 1.165) is 21.7 Å². The molecule has 2 aromatic rings. The number of benzene rings is 2. The third kappa shape index (κ3) is 5.32. The van der Waals surface area contributed by atoms with Crippen molar-refractivity contribution in [2.45, 2.75) is 40.2 Å². The smallest absolute Gasteiger partial charge is 0.271 e. The Morgan fingerprint density at radius 2 is 1.72 bits per heavy atom. The van der Waals surface area contributed by atoms with Crippen molar-refractivity contribution in [1.29, 1.82) is 0 Å². The van der Waals surface area contributed by atoms with Gasteiger partial charge in [0.15, 0.2) is 0 Å². The molecule has 0 fully saturated rings. The van der Waals surface area contributed by atoms with Gasteiger partial charge in [-0.2, -0.15) is 0 Å². The van der Waals surface area contributed by atoms with Crippen LogP contribution in [0.1, 0.15) is 30.0 Å². The Labute approximate surface area is 170 Å². The van der Waals surface area contributed by atoms with Gasteiger partial charge in [0.25, 0.3) is 5.69 Å². The molecule has 2 rings (SSSR count). The first-order valence-electron chi connectivity index (χ1n) is 9.07. The highest BCUT2D eigenvalue weighted by molar-refractivity contribution is 7.92. The summed E-state index contributed by atoms with van der Waals surface area (Å²) >= 11 is 0. The molecule has 8 nitrogen and oxygen atoms in total. The van der Waals surface area contributed by atoms with E-state index < -0.39 is 26.9 Å². The molecule has 29 heavy (non-hydrogen) atoms. The largest absolute Gasteiger partial charge is 0.324 e. The summed E-state index contributed by atoms with van der Waals surface area (Å²) in [5.41, 5.74) is 2.87. The first-order chi connectivity index (χ1) is 13.4. The number of amides is 1. The van der Waals surface area contributed by atoms with Gasteiger partial charge in [-0.25, -0.2) is 8.42 Å². The quantitative estimate of drug-likeness (QED) is 0.543. The number of anilines is 2. The second-order valence-electron chi connectivity index (χ2n) is 7.08. The maximum Gasteiger partial charge on any atom is 0.271 e. The fraction of sp³-hybridized carbons (Fsp3) is 0.350. The van der Waals surface area contributed by atoms with Crippen LogP contribution in [0.4, 0.5) is 17.1 Å². The summed E-state index contributed by atoms with van der Waals surface area (Å²) in [5.74, 6) is -0.506. The molecule has 0 aliphatic carbocycles. The number of non-ortho nitro benzene ring substituents is 1. The van der Waals surface area contributed by atoms with Crippen molar-refractivity contribution in [1.82, 2.24) is 0 Å². The predicted octanol–water partition coefficient (Wildman–Crippen LogP) is 3.70. The summed E-state index contributed by atoms with van der Waals surface area (Å²) in [7, 11) is -3.90. The molecule has 1 N–H and O–H groups in total. The molecule has 0 heterocycles. The average Bonchev–Trinajstić information content (AvgIpc) is 2.58. The Bertz CT molecular complexity index is 1030. The van der Waals surface area contributed by atoms with Crippen molar-refractivity contribution in [2.75, 3.05) is 15.9 Å². The van der Waals surface area contributed by atoms with Gasteiger partial charge in [0.2, 0.25) is 15.9 Å². The molecule has 9 heteroatoms. The SMILES string of the molecule is CCC(C(=O)Nc1cc(C)cc(C)c1)N(c1cc([N+](=O)[O-])ccc1C)S(C)(=O)=O. The van der Waals surface area contributed by atoms with E-state index in [-0.39, 0.29) is 17.8 Å². The van der Waals surface area contributed by atoms with Crippen molar-refractivity contribution in [3.8, 4) is 0 Å². The van der Waals surface area contributed by atoms with Crippen molar-refractivity contribution >= 4 is 33.0 Å². The Balaban J connectivity index is 2.51. The minimum Gasteiger partial charge on any atom is -0.324 e. The molecule has 0 saturated carbocycles. The third-order valence-electron chi connectivity index (χ3n) is 4.46. The fourth-order valence-electron chi connectivity index (χ4n) is 3.26. The lowest BCUT2D eigenvalue weighted by atomic mass is 10.1. The highest BCUT2D eigenvalue weighted by atomic mass is 32.2. The zero-order chi connectivity index (χ0) is 21.9. The summed E-state index contributed by atoms with van der Waals surface area (Å²) in [5, 5.41) is 13.9. The Hall–Kier alpha value is -2.94. The zero-order valence-electron chi connectivity index (χ0n) is 17.1. The van der Waals surface area contributed by atoms with Crippen LogP contribution in [0.3, 0.4) is 0 Å². The van der Waals surface area contributed by atoms with E-state index in [2.05, 4.69) is 5.32 Å². The number of hydrogen-bond donors (Lipinski definition) is 1. The summed E-state index contributed by atoms with van der Waals surface area (Å²) in [6, 6.07) is 8.44. The number of hydrogen-bond acceptors (Lipinski definition) is 5. The fourth-order valence-corrected chi connectivity index (χ4v) is 4.52. The van der Waals surface area contributed by atoms with E-state index in [1.54, 1.807) is 26.0 Å². The second-order valence-corrected chi connectivity index (χ2v) is 8.94. The molecule has 0 saturated heterocycles. The van der Waals surface area contributed by atoms with Crippen molar-refractivity contribution in [3.05, 3.63) is 63.2 Å². The number of nitro benzene ring substituents is 1. The van der Waals surface area contributed by atoms with Crippen LogP contribution < -0.4 is 9.62 Å². The van der Waals surface area contributed by atoms with E-state index in [9.17, 15) is 23.3 Å². The van der Waals surface area contributed by atoms with Crippen molar-refractivity contribution in [2.24, 2.45) is 0 Å². The molecule has 1 unspecified atom stereocenters. The zero-order valence-corrected chi connectivity index (χ0v) is 17.9. The lowest BCUT2D eigenvalue weighted by molar-refractivity contribution is -0.384. The van der Waals surface area contributed by atoms with Crippen LogP contribution in [0.2, 0.25) is 0 Å². The van der Waals surface area contributed by atoms with Gasteiger partial charge < -0.3 is 5.32 Å². The molecule has 0 aromatic heterocycles. The molecule has 1 amide bonds. The highest BCUT2D eigenvalue weighted by Gasteiger charge is 2.33. The molecule has 0 spiro atoms. The average molecular weight is 420 g/mol. The Morgan fingerprint density at radius 1 is 1.14 bits per heavy atom.